The fraction of sp³-hybridized carbons (Fsp3) is 0.0455. The molecule has 5 nitrogen and oxygen atoms in total. The first-order valence-electron chi connectivity index (χ1n) is 8.73. The molecule has 0 aliphatic rings. The third-order valence-corrected chi connectivity index (χ3v) is 4.30. The van der Waals surface area contributed by atoms with Gasteiger partial charge >= 0.3 is 0 Å². The molecule has 28 heavy (non-hydrogen) atoms. The molecule has 0 radical (unpaired) electrons. The molecule has 0 unspecified atom stereocenters. The van der Waals surface area contributed by atoms with Crippen LogP contribution in [0.1, 0.15) is 11.1 Å². The molecule has 4 aromatic rings. The number of nitrogens with one attached hydrogen (secondary N) is 1. The Morgan fingerprint density at radius 2 is 1.79 bits per heavy atom. The largest absolute Gasteiger partial charge is 0.365 e. The van der Waals surface area contributed by atoms with Crippen LogP contribution in [0.25, 0.3) is 16.9 Å². The lowest BCUT2D eigenvalue weighted by atomic mass is 10.1. The number of nitrogens with zero attached hydrogens (tertiary/aromatic N) is 4. The van der Waals surface area contributed by atoms with E-state index >= 15 is 0 Å². The third kappa shape index (κ3) is 3.60. The van der Waals surface area contributed by atoms with Crippen LogP contribution in [0.2, 0.25) is 0 Å². The molecule has 0 fully saturated rings. The van der Waals surface area contributed by atoms with Gasteiger partial charge < -0.3 is 5.32 Å². The van der Waals surface area contributed by atoms with Crippen LogP contribution in [0.3, 0.4) is 0 Å². The zero-order chi connectivity index (χ0) is 19.3. The highest BCUT2D eigenvalue weighted by atomic mass is 19.1. The average molecular weight is 369 g/mol. The molecule has 4 rings (SSSR count). The van der Waals surface area contributed by atoms with Crippen molar-refractivity contribution in [3.63, 3.8) is 0 Å². The number of pyridine rings is 1. The Bertz CT molecular complexity index is 1130. The summed E-state index contributed by atoms with van der Waals surface area (Å²) in [6, 6.07) is 21.6. The molecule has 0 aliphatic heterocycles. The van der Waals surface area contributed by atoms with Crippen molar-refractivity contribution in [3.8, 4) is 23.0 Å². The van der Waals surface area contributed by atoms with Gasteiger partial charge in [0.1, 0.15) is 17.7 Å². The summed E-state index contributed by atoms with van der Waals surface area (Å²) >= 11 is 0. The standard InChI is InChI=1S/C22H16FN5/c23-19-10-8-16(9-11-19)21-18(14-26-22-17(13-24)5-4-12-25-22)15-28(27-21)20-6-2-1-3-7-20/h1-12,15H,14H2,(H,25,26). The van der Waals surface area contributed by atoms with E-state index in [2.05, 4.69) is 16.4 Å². The number of halogens is 1. The van der Waals surface area contributed by atoms with Gasteiger partial charge in [-0.05, 0) is 48.5 Å². The molecule has 2 aromatic heterocycles. The number of rotatable bonds is 5. The predicted molar refractivity (Wildman–Crippen MR) is 105 cm³/mol. The number of benzene rings is 2. The molecule has 136 valence electrons. The normalized spacial score (nSPS) is 10.4. The summed E-state index contributed by atoms with van der Waals surface area (Å²) in [5, 5.41) is 17.2. The summed E-state index contributed by atoms with van der Waals surface area (Å²) in [5.41, 5.74) is 3.86. The van der Waals surface area contributed by atoms with E-state index in [1.165, 1.54) is 12.1 Å². The molecule has 0 bridgehead atoms. The van der Waals surface area contributed by atoms with Crippen molar-refractivity contribution in [1.82, 2.24) is 14.8 Å². The Kier molecular flexibility index (Phi) is 4.81. The van der Waals surface area contributed by atoms with E-state index in [-0.39, 0.29) is 5.82 Å². The first-order chi connectivity index (χ1) is 13.7. The highest BCUT2D eigenvalue weighted by Gasteiger charge is 2.13. The summed E-state index contributed by atoms with van der Waals surface area (Å²) in [6.07, 6.45) is 3.56. The fourth-order valence-electron chi connectivity index (χ4n) is 2.92. The first kappa shape index (κ1) is 17.4. The minimum absolute atomic E-state index is 0.293. The van der Waals surface area contributed by atoms with Gasteiger partial charge in [-0.1, -0.05) is 18.2 Å². The summed E-state index contributed by atoms with van der Waals surface area (Å²) in [6.45, 7) is 0.422. The molecule has 2 heterocycles. The van der Waals surface area contributed by atoms with Gasteiger partial charge in [0, 0.05) is 30.1 Å². The maximum atomic E-state index is 13.3. The lowest BCUT2D eigenvalue weighted by Gasteiger charge is -2.07. The molecular weight excluding hydrogens is 353 g/mol. The quantitative estimate of drug-likeness (QED) is 0.560. The van der Waals surface area contributed by atoms with Crippen molar-refractivity contribution >= 4 is 5.82 Å². The van der Waals surface area contributed by atoms with Gasteiger partial charge in [-0.15, -0.1) is 0 Å². The summed E-state index contributed by atoms with van der Waals surface area (Å²) < 4.78 is 15.1. The average Bonchev–Trinajstić information content (AvgIpc) is 3.18. The van der Waals surface area contributed by atoms with Crippen LogP contribution in [0.4, 0.5) is 10.2 Å². The van der Waals surface area contributed by atoms with Gasteiger partial charge in [0.15, 0.2) is 0 Å². The second kappa shape index (κ2) is 7.72. The molecule has 0 saturated heterocycles. The van der Waals surface area contributed by atoms with Crippen LogP contribution < -0.4 is 5.32 Å². The molecule has 0 spiro atoms. The third-order valence-electron chi connectivity index (χ3n) is 4.30. The zero-order valence-corrected chi connectivity index (χ0v) is 14.9. The second-order valence-electron chi connectivity index (χ2n) is 6.15. The van der Waals surface area contributed by atoms with Crippen molar-refractivity contribution in [2.75, 3.05) is 5.32 Å². The van der Waals surface area contributed by atoms with E-state index in [1.54, 1.807) is 35.1 Å². The van der Waals surface area contributed by atoms with Crippen LogP contribution in [0.15, 0.2) is 79.1 Å². The number of nitriles is 1. The van der Waals surface area contributed by atoms with Crippen LogP contribution in [0, 0.1) is 17.1 Å². The van der Waals surface area contributed by atoms with E-state index in [1.807, 2.05) is 36.5 Å². The highest BCUT2D eigenvalue weighted by molar-refractivity contribution is 5.64. The summed E-state index contributed by atoms with van der Waals surface area (Å²) in [7, 11) is 0. The molecule has 0 atom stereocenters. The molecule has 6 heteroatoms. The molecule has 0 saturated carbocycles. The SMILES string of the molecule is N#Cc1cccnc1NCc1cn(-c2ccccc2)nc1-c1ccc(F)cc1. The van der Waals surface area contributed by atoms with Crippen molar-refractivity contribution < 1.29 is 4.39 Å². The lowest BCUT2D eigenvalue weighted by molar-refractivity contribution is 0.628. The van der Waals surface area contributed by atoms with E-state index < -0.39 is 0 Å². The van der Waals surface area contributed by atoms with Gasteiger partial charge in [-0.25, -0.2) is 14.1 Å². The smallest absolute Gasteiger partial charge is 0.144 e. The molecule has 2 aromatic carbocycles. The van der Waals surface area contributed by atoms with Gasteiger partial charge in [0.05, 0.1) is 16.9 Å². The number of aromatic nitrogens is 3. The minimum atomic E-state index is -0.293. The first-order valence-corrected chi connectivity index (χ1v) is 8.73. The predicted octanol–water partition coefficient (Wildman–Crippen LogP) is 4.56. The maximum Gasteiger partial charge on any atom is 0.144 e. The monoisotopic (exact) mass is 369 g/mol. The minimum Gasteiger partial charge on any atom is -0.365 e. The molecule has 0 amide bonds. The van der Waals surface area contributed by atoms with Crippen molar-refractivity contribution in [1.29, 1.82) is 5.26 Å². The summed E-state index contributed by atoms with van der Waals surface area (Å²) in [5.74, 6) is 0.223. The number of hydrogen-bond acceptors (Lipinski definition) is 4. The van der Waals surface area contributed by atoms with Gasteiger partial charge in [0.25, 0.3) is 0 Å². The van der Waals surface area contributed by atoms with Crippen molar-refractivity contribution in [2.45, 2.75) is 6.54 Å². The molecular formula is C22H16FN5. The van der Waals surface area contributed by atoms with E-state index in [0.717, 1.165) is 22.5 Å². The number of para-hydroxylation sites is 1. The Hall–Kier alpha value is -3.98. The Morgan fingerprint density at radius 3 is 2.54 bits per heavy atom. The number of hydrogen-bond donors (Lipinski definition) is 1. The van der Waals surface area contributed by atoms with E-state index in [9.17, 15) is 9.65 Å². The molecule has 0 aliphatic carbocycles. The summed E-state index contributed by atoms with van der Waals surface area (Å²) in [4.78, 5) is 4.23. The Labute approximate surface area is 161 Å². The Morgan fingerprint density at radius 1 is 1.00 bits per heavy atom. The van der Waals surface area contributed by atoms with E-state index in [4.69, 9.17) is 5.10 Å². The van der Waals surface area contributed by atoms with Crippen LogP contribution in [-0.4, -0.2) is 14.8 Å². The van der Waals surface area contributed by atoms with Crippen LogP contribution in [-0.2, 0) is 6.54 Å². The van der Waals surface area contributed by atoms with Gasteiger partial charge in [-0.3, -0.25) is 0 Å². The lowest BCUT2D eigenvalue weighted by Crippen LogP contribution is -2.03. The number of anilines is 1. The second-order valence-corrected chi connectivity index (χ2v) is 6.15. The van der Waals surface area contributed by atoms with Gasteiger partial charge in [-0.2, -0.15) is 10.4 Å². The van der Waals surface area contributed by atoms with Crippen molar-refractivity contribution in [2.24, 2.45) is 0 Å². The molecule has 1 N–H and O–H groups in total. The maximum absolute atomic E-state index is 13.3. The highest BCUT2D eigenvalue weighted by Crippen LogP contribution is 2.25. The Balaban J connectivity index is 1.71. The van der Waals surface area contributed by atoms with Crippen molar-refractivity contribution in [3.05, 3.63) is 96.1 Å². The topological polar surface area (TPSA) is 66.5 Å². The van der Waals surface area contributed by atoms with Crippen LogP contribution in [0.5, 0.6) is 0 Å². The zero-order valence-electron chi connectivity index (χ0n) is 14.9. The van der Waals surface area contributed by atoms with E-state index in [0.29, 0.717) is 17.9 Å². The van der Waals surface area contributed by atoms with Crippen LogP contribution >= 0.6 is 0 Å². The van der Waals surface area contributed by atoms with Gasteiger partial charge in [0.2, 0.25) is 0 Å². The fourth-order valence-corrected chi connectivity index (χ4v) is 2.92.